The zero-order chi connectivity index (χ0) is 17.3. The van der Waals surface area contributed by atoms with Crippen LogP contribution in [0.2, 0.25) is 0 Å². The molecular formula is C23H24N2S. The highest BCUT2D eigenvalue weighted by atomic mass is 32.1. The standard InChI is InChI=1S/C23H24N2S/c1-2-7-17(8-3-1)15-25-12-6-9-18(16-25)13-22-24-23-20-11-5-4-10-19(20)14-21(23)26-22/h1-5,7-8,10,14,18H,6,9,11-13,15-16H2. The number of fused-ring (bicyclic) bond motifs is 2. The predicted molar refractivity (Wildman–Crippen MR) is 109 cm³/mol. The summed E-state index contributed by atoms with van der Waals surface area (Å²) in [4.78, 5) is 7.66. The molecule has 1 fully saturated rings. The molecule has 2 aromatic rings. The molecule has 0 saturated carbocycles. The lowest BCUT2D eigenvalue weighted by Gasteiger charge is -2.32. The Balaban J connectivity index is 1.28. The lowest BCUT2D eigenvalue weighted by Crippen LogP contribution is -2.35. The van der Waals surface area contributed by atoms with Crippen molar-refractivity contribution in [2.45, 2.75) is 32.2 Å². The number of hydrogen-bond donors (Lipinski definition) is 0. The minimum Gasteiger partial charge on any atom is -0.299 e. The van der Waals surface area contributed by atoms with Gasteiger partial charge in [-0.15, -0.1) is 11.3 Å². The highest BCUT2D eigenvalue weighted by Gasteiger charge is 2.22. The van der Waals surface area contributed by atoms with E-state index in [4.69, 9.17) is 4.98 Å². The minimum atomic E-state index is 0.741. The Hall–Kier alpha value is -1.97. The van der Waals surface area contributed by atoms with Gasteiger partial charge in [0.25, 0.3) is 0 Å². The third-order valence-electron chi connectivity index (χ3n) is 5.67. The van der Waals surface area contributed by atoms with Crippen molar-refractivity contribution in [2.75, 3.05) is 13.1 Å². The molecule has 132 valence electrons. The first-order valence-electron chi connectivity index (χ1n) is 9.69. The molecule has 3 heteroatoms. The number of benzene rings is 1. The fourth-order valence-electron chi connectivity index (χ4n) is 4.42. The van der Waals surface area contributed by atoms with Gasteiger partial charge in [-0.2, -0.15) is 0 Å². The van der Waals surface area contributed by atoms with Crippen molar-refractivity contribution in [2.24, 2.45) is 5.92 Å². The Morgan fingerprint density at radius 2 is 2.12 bits per heavy atom. The molecule has 2 aliphatic carbocycles. The summed E-state index contributed by atoms with van der Waals surface area (Å²) in [5.74, 6) is 0.741. The fourth-order valence-corrected chi connectivity index (χ4v) is 5.58. The van der Waals surface area contributed by atoms with Gasteiger partial charge < -0.3 is 0 Å². The van der Waals surface area contributed by atoms with E-state index in [-0.39, 0.29) is 0 Å². The molecule has 1 atom stereocenters. The molecule has 1 aromatic carbocycles. The van der Waals surface area contributed by atoms with Crippen LogP contribution >= 0.6 is 11.3 Å². The third kappa shape index (κ3) is 3.22. The second kappa shape index (κ2) is 6.98. The van der Waals surface area contributed by atoms with Crippen molar-refractivity contribution in [1.82, 2.24) is 9.88 Å². The number of likely N-dealkylation sites (tertiary alicyclic amines) is 1. The molecule has 2 nitrogen and oxygen atoms in total. The second-order valence-electron chi connectivity index (χ2n) is 7.63. The van der Waals surface area contributed by atoms with Gasteiger partial charge in [0.05, 0.1) is 14.9 Å². The zero-order valence-corrected chi connectivity index (χ0v) is 15.8. The quantitative estimate of drug-likeness (QED) is 0.830. The molecule has 5 rings (SSSR count). The summed E-state index contributed by atoms with van der Waals surface area (Å²) in [7, 11) is 0. The lowest BCUT2D eigenvalue weighted by molar-refractivity contribution is 0.167. The van der Waals surface area contributed by atoms with Gasteiger partial charge in [-0.05, 0) is 54.5 Å². The Kier molecular flexibility index (Phi) is 4.35. The van der Waals surface area contributed by atoms with Crippen LogP contribution < -0.4 is 9.88 Å². The Labute approximate surface area is 158 Å². The lowest BCUT2D eigenvalue weighted by atomic mass is 9.94. The third-order valence-corrected chi connectivity index (χ3v) is 6.69. The van der Waals surface area contributed by atoms with Gasteiger partial charge in [0, 0.05) is 19.5 Å². The molecule has 1 saturated heterocycles. The summed E-state index contributed by atoms with van der Waals surface area (Å²) in [6.07, 6.45) is 13.8. The first kappa shape index (κ1) is 16.2. The molecule has 1 aromatic heterocycles. The largest absolute Gasteiger partial charge is 0.299 e. The van der Waals surface area contributed by atoms with Crippen LogP contribution in [-0.4, -0.2) is 23.0 Å². The molecule has 0 bridgehead atoms. The summed E-state index contributed by atoms with van der Waals surface area (Å²) in [6.45, 7) is 3.51. The van der Waals surface area contributed by atoms with Crippen molar-refractivity contribution in [1.29, 1.82) is 0 Å². The predicted octanol–water partition coefficient (Wildman–Crippen LogP) is 3.43. The molecule has 0 radical (unpaired) electrons. The topological polar surface area (TPSA) is 16.1 Å². The van der Waals surface area contributed by atoms with E-state index in [2.05, 4.69) is 59.5 Å². The number of nitrogens with zero attached hydrogens (tertiary/aromatic N) is 2. The van der Waals surface area contributed by atoms with E-state index in [1.807, 2.05) is 11.3 Å². The van der Waals surface area contributed by atoms with Gasteiger partial charge in [0.1, 0.15) is 0 Å². The van der Waals surface area contributed by atoms with Crippen LogP contribution in [0.25, 0.3) is 11.6 Å². The maximum Gasteiger partial charge on any atom is 0.0942 e. The van der Waals surface area contributed by atoms with Crippen LogP contribution in [-0.2, 0) is 13.0 Å². The van der Waals surface area contributed by atoms with Gasteiger partial charge in [-0.3, -0.25) is 4.90 Å². The Bertz CT molecular complexity index is 981. The highest BCUT2D eigenvalue weighted by Crippen LogP contribution is 2.25. The molecule has 26 heavy (non-hydrogen) atoms. The molecule has 0 spiro atoms. The van der Waals surface area contributed by atoms with E-state index in [0.29, 0.717) is 0 Å². The van der Waals surface area contributed by atoms with Gasteiger partial charge in [0.2, 0.25) is 0 Å². The monoisotopic (exact) mass is 360 g/mol. The zero-order valence-electron chi connectivity index (χ0n) is 15.0. The van der Waals surface area contributed by atoms with E-state index in [1.165, 1.54) is 57.5 Å². The average Bonchev–Trinajstić information content (AvgIpc) is 3.20. The summed E-state index contributed by atoms with van der Waals surface area (Å²) in [5.41, 5.74) is 4.23. The van der Waals surface area contributed by atoms with E-state index in [9.17, 15) is 0 Å². The molecular weight excluding hydrogens is 336 g/mol. The van der Waals surface area contributed by atoms with Gasteiger partial charge in [-0.25, -0.2) is 4.98 Å². The Morgan fingerprint density at radius 3 is 3.04 bits per heavy atom. The second-order valence-corrected chi connectivity index (χ2v) is 8.75. The number of hydrogen-bond acceptors (Lipinski definition) is 3. The molecule has 0 amide bonds. The maximum atomic E-state index is 5.04. The number of thiazole rings is 1. The first-order chi connectivity index (χ1) is 12.8. The summed E-state index contributed by atoms with van der Waals surface area (Å²) in [5, 5.41) is 2.59. The van der Waals surface area contributed by atoms with E-state index < -0.39 is 0 Å². The molecule has 0 N–H and O–H groups in total. The smallest absolute Gasteiger partial charge is 0.0942 e. The van der Waals surface area contributed by atoms with E-state index in [0.717, 1.165) is 25.3 Å². The van der Waals surface area contributed by atoms with Crippen LogP contribution in [0.15, 0.2) is 54.1 Å². The first-order valence-corrected chi connectivity index (χ1v) is 10.5. The fraction of sp³-hybridized carbons (Fsp3) is 0.348. The van der Waals surface area contributed by atoms with Crippen LogP contribution in [0.5, 0.6) is 0 Å². The number of allylic oxidation sites excluding steroid dienone is 4. The Morgan fingerprint density at radius 1 is 1.19 bits per heavy atom. The van der Waals surface area contributed by atoms with Gasteiger partial charge in [-0.1, -0.05) is 48.6 Å². The van der Waals surface area contributed by atoms with Crippen LogP contribution in [0.1, 0.15) is 29.8 Å². The molecule has 3 aliphatic rings. The SMILES string of the molecule is C1=CCC2=c3nc(CC4CCCN(Cc5ccccc5)C4)sc3=CC2=C1. The average molecular weight is 361 g/mol. The minimum absolute atomic E-state index is 0.741. The van der Waals surface area contributed by atoms with Gasteiger partial charge >= 0.3 is 0 Å². The van der Waals surface area contributed by atoms with Crippen LogP contribution in [0.3, 0.4) is 0 Å². The summed E-state index contributed by atoms with van der Waals surface area (Å²) in [6, 6.07) is 10.9. The maximum absolute atomic E-state index is 5.04. The van der Waals surface area contributed by atoms with Gasteiger partial charge in [0.15, 0.2) is 0 Å². The van der Waals surface area contributed by atoms with E-state index >= 15 is 0 Å². The van der Waals surface area contributed by atoms with Crippen molar-refractivity contribution in [3.63, 3.8) is 0 Å². The van der Waals surface area contributed by atoms with E-state index in [1.54, 1.807) is 0 Å². The van der Waals surface area contributed by atoms with Crippen molar-refractivity contribution >= 4 is 23.0 Å². The van der Waals surface area contributed by atoms with Crippen molar-refractivity contribution in [3.8, 4) is 0 Å². The van der Waals surface area contributed by atoms with Crippen LogP contribution in [0, 0.1) is 5.92 Å². The normalized spacial score (nSPS) is 21.9. The number of aromatic nitrogens is 1. The summed E-state index contributed by atoms with van der Waals surface area (Å²) < 4.78 is 1.38. The molecule has 1 aliphatic heterocycles. The molecule has 1 unspecified atom stereocenters. The molecule has 2 heterocycles. The summed E-state index contributed by atoms with van der Waals surface area (Å²) >= 11 is 1.91. The van der Waals surface area contributed by atoms with Crippen LogP contribution in [0.4, 0.5) is 0 Å². The van der Waals surface area contributed by atoms with Crippen molar-refractivity contribution in [3.05, 3.63) is 74.6 Å². The highest BCUT2D eigenvalue weighted by molar-refractivity contribution is 7.09. The van der Waals surface area contributed by atoms with Crippen molar-refractivity contribution < 1.29 is 0 Å². The number of rotatable bonds is 4. The number of piperidine rings is 1.